The van der Waals surface area contributed by atoms with E-state index < -0.39 is 5.41 Å². The molecule has 0 saturated carbocycles. The predicted molar refractivity (Wildman–Crippen MR) is 81.5 cm³/mol. The molecule has 4 heteroatoms. The maximum Gasteiger partial charge on any atom is 0.234 e. The first-order chi connectivity index (χ1) is 9.39. The number of rotatable bonds is 3. The maximum absolute atomic E-state index is 12.5. The van der Waals surface area contributed by atoms with E-state index in [1.165, 1.54) is 0 Å². The number of aryl methyl sites for hydroxylation is 1. The number of nitrogen functional groups attached to an aromatic ring is 1. The molecule has 0 radical (unpaired) electrons. The molecule has 0 saturated heterocycles. The zero-order valence-corrected chi connectivity index (χ0v) is 12.0. The van der Waals surface area contributed by atoms with Crippen molar-refractivity contribution >= 4 is 17.3 Å². The molecule has 20 heavy (non-hydrogen) atoms. The molecular formula is C16H19N3O. The standard InChI is InChI=1S/C16H19N3O/c1-11-10-14(8-9-18-11)19-15(20)16(2,3)12-4-6-13(17)7-5-12/h4-10H,17H2,1-3H3,(H,18,19,20). The Morgan fingerprint density at radius 3 is 2.45 bits per heavy atom. The second-order valence-electron chi connectivity index (χ2n) is 5.39. The van der Waals surface area contributed by atoms with Crippen LogP contribution in [0.25, 0.3) is 0 Å². The molecule has 104 valence electrons. The Labute approximate surface area is 119 Å². The van der Waals surface area contributed by atoms with E-state index in [0.29, 0.717) is 5.69 Å². The highest BCUT2D eigenvalue weighted by atomic mass is 16.2. The number of benzene rings is 1. The quantitative estimate of drug-likeness (QED) is 0.842. The fourth-order valence-electron chi connectivity index (χ4n) is 1.94. The van der Waals surface area contributed by atoms with Crippen molar-refractivity contribution in [2.75, 3.05) is 11.1 Å². The Balaban J connectivity index is 2.21. The molecule has 0 aliphatic rings. The molecule has 1 amide bonds. The first-order valence-electron chi connectivity index (χ1n) is 6.50. The van der Waals surface area contributed by atoms with E-state index in [9.17, 15) is 4.79 Å². The third-order valence-corrected chi connectivity index (χ3v) is 3.35. The van der Waals surface area contributed by atoms with Crippen molar-refractivity contribution in [2.45, 2.75) is 26.2 Å². The molecule has 2 aromatic rings. The Bertz CT molecular complexity index is 618. The fraction of sp³-hybridized carbons (Fsp3) is 0.250. The molecule has 1 aromatic carbocycles. The number of pyridine rings is 1. The Kier molecular flexibility index (Phi) is 3.74. The highest BCUT2D eigenvalue weighted by molar-refractivity contribution is 5.98. The van der Waals surface area contributed by atoms with Crippen LogP contribution in [0.1, 0.15) is 25.1 Å². The van der Waals surface area contributed by atoms with E-state index in [-0.39, 0.29) is 5.91 Å². The second-order valence-corrected chi connectivity index (χ2v) is 5.39. The van der Waals surface area contributed by atoms with Gasteiger partial charge in [-0.25, -0.2) is 0 Å². The van der Waals surface area contributed by atoms with Crippen LogP contribution in [0.2, 0.25) is 0 Å². The molecule has 4 nitrogen and oxygen atoms in total. The summed E-state index contributed by atoms with van der Waals surface area (Å²) in [4.78, 5) is 16.6. The average molecular weight is 269 g/mol. The van der Waals surface area contributed by atoms with Crippen molar-refractivity contribution in [2.24, 2.45) is 0 Å². The Hall–Kier alpha value is -2.36. The van der Waals surface area contributed by atoms with E-state index >= 15 is 0 Å². The minimum Gasteiger partial charge on any atom is -0.399 e. The smallest absolute Gasteiger partial charge is 0.234 e. The number of nitrogens with two attached hydrogens (primary N) is 1. The van der Waals surface area contributed by atoms with E-state index in [1.807, 2.05) is 39.0 Å². The third-order valence-electron chi connectivity index (χ3n) is 3.35. The first kappa shape index (κ1) is 14.1. The van der Waals surface area contributed by atoms with Gasteiger partial charge in [0.25, 0.3) is 0 Å². The number of carbonyl (C=O) groups is 1. The zero-order valence-electron chi connectivity index (χ0n) is 12.0. The van der Waals surface area contributed by atoms with Gasteiger partial charge in [0.1, 0.15) is 0 Å². The van der Waals surface area contributed by atoms with E-state index in [1.54, 1.807) is 24.4 Å². The van der Waals surface area contributed by atoms with Crippen molar-refractivity contribution in [3.63, 3.8) is 0 Å². The highest BCUT2D eigenvalue weighted by Gasteiger charge is 2.29. The van der Waals surface area contributed by atoms with Crippen molar-refractivity contribution in [3.8, 4) is 0 Å². The zero-order chi connectivity index (χ0) is 14.8. The van der Waals surface area contributed by atoms with Gasteiger partial charge in [0.15, 0.2) is 0 Å². The molecule has 1 aromatic heterocycles. The van der Waals surface area contributed by atoms with Gasteiger partial charge in [-0.05, 0) is 50.6 Å². The lowest BCUT2D eigenvalue weighted by molar-refractivity contribution is -0.120. The molecule has 0 spiro atoms. The topological polar surface area (TPSA) is 68.0 Å². The van der Waals surface area contributed by atoms with Gasteiger partial charge >= 0.3 is 0 Å². The van der Waals surface area contributed by atoms with Gasteiger partial charge in [-0.1, -0.05) is 12.1 Å². The number of hydrogen-bond donors (Lipinski definition) is 2. The molecule has 2 rings (SSSR count). The minimum atomic E-state index is -0.634. The molecule has 0 unspecified atom stereocenters. The monoisotopic (exact) mass is 269 g/mol. The van der Waals surface area contributed by atoms with Gasteiger partial charge in [0, 0.05) is 23.3 Å². The van der Waals surface area contributed by atoms with E-state index in [4.69, 9.17) is 5.73 Å². The predicted octanol–water partition coefficient (Wildman–Crippen LogP) is 2.89. The van der Waals surface area contributed by atoms with Crippen LogP contribution in [0.15, 0.2) is 42.6 Å². The number of hydrogen-bond acceptors (Lipinski definition) is 3. The molecule has 0 atom stereocenters. The van der Waals surface area contributed by atoms with Gasteiger partial charge in [-0.15, -0.1) is 0 Å². The summed E-state index contributed by atoms with van der Waals surface area (Å²) in [6, 6.07) is 11.0. The average Bonchev–Trinajstić information content (AvgIpc) is 2.39. The minimum absolute atomic E-state index is 0.0622. The Morgan fingerprint density at radius 1 is 1.20 bits per heavy atom. The lowest BCUT2D eigenvalue weighted by atomic mass is 9.83. The van der Waals surface area contributed by atoms with E-state index in [2.05, 4.69) is 10.3 Å². The molecule has 1 heterocycles. The number of nitrogens with zero attached hydrogens (tertiary/aromatic N) is 1. The summed E-state index contributed by atoms with van der Waals surface area (Å²) in [7, 11) is 0. The van der Waals surface area contributed by atoms with Crippen LogP contribution in [-0.2, 0) is 10.2 Å². The van der Waals surface area contributed by atoms with Crippen LogP contribution in [0.4, 0.5) is 11.4 Å². The van der Waals surface area contributed by atoms with Crippen molar-refractivity contribution < 1.29 is 4.79 Å². The summed E-state index contributed by atoms with van der Waals surface area (Å²) in [5, 5.41) is 2.93. The van der Waals surface area contributed by atoms with Crippen LogP contribution < -0.4 is 11.1 Å². The van der Waals surface area contributed by atoms with Gasteiger partial charge in [-0.3, -0.25) is 9.78 Å². The van der Waals surface area contributed by atoms with E-state index in [0.717, 1.165) is 16.9 Å². The molecule has 0 aliphatic heterocycles. The number of amides is 1. The van der Waals surface area contributed by atoms with Crippen molar-refractivity contribution in [3.05, 3.63) is 53.9 Å². The van der Waals surface area contributed by atoms with Gasteiger partial charge in [0.05, 0.1) is 5.41 Å². The maximum atomic E-state index is 12.5. The van der Waals surface area contributed by atoms with Crippen LogP contribution in [-0.4, -0.2) is 10.9 Å². The summed E-state index contributed by atoms with van der Waals surface area (Å²) in [6.45, 7) is 5.67. The molecule has 0 fully saturated rings. The van der Waals surface area contributed by atoms with Crippen molar-refractivity contribution in [1.29, 1.82) is 0 Å². The normalized spacial score (nSPS) is 11.2. The van der Waals surface area contributed by atoms with Crippen LogP contribution in [0.3, 0.4) is 0 Å². The highest BCUT2D eigenvalue weighted by Crippen LogP contribution is 2.26. The Morgan fingerprint density at radius 2 is 1.85 bits per heavy atom. The van der Waals surface area contributed by atoms with Gasteiger partial charge < -0.3 is 11.1 Å². The third kappa shape index (κ3) is 2.96. The summed E-state index contributed by atoms with van der Waals surface area (Å²) in [6.07, 6.45) is 1.68. The van der Waals surface area contributed by atoms with Crippen LogP contribution in [0.5, 0.6) is 0 Å². The van der Waals surface area contributed by atoms with Crippen LogP contribution >= 0.6 is 0 Å². The van der Waals surface area contributed by atoms with Gasteiger partial charge in [0.2, 0.25) is 5.91 Å². The summed E-state index contributed by atoms with van der Waals surface area (Å²) < 4.78 is 0. The lowest BCUT2D eigenvalue weighted by Gasteiger charge is -2.24. The van der Waals surface area contributed by atoms with Crippen LogP contribution in [0, 0.1) is 6.92 Å². The summed E-state index contributed by atoms with van der Waals surface area (Å²) in [5.41, 5.74) is 8.28. The summed E-state index contributed by atoms with van der Waals surface area (Å²) >= 11 is 0. The number of carbonyl (C=O) groups excluding carboxylic acids is 1. The molecule has 3 N–H and O–H groups in total. The largest absolute Gasteiger partial charge is 0.399 e. The molecular weight excluding hydrogens is 250 g/mol. The second kappa shape index (κ2) is 5.33. The SMILES string of the molecule is Cc1cc(NC(=O)C(C)(C)c2ccc(N)cc2)ccn1. The number of nitrogens with one attached hydrogen (secondary N) is 1. The van der Waals surface area contributed by atoms with Crippen molar-refractivity contribution in [1.82, 2.24) is 4.98 Å². The van der Waals surface area contributed by atoms with Gasteiger partial charge in [-0.2, -0.15) is 0 Å². The number of anilines is 2. The lowest BCUT2D eigenvalue weighted by Crippen LogP contribution is -2.34. The molecule has 0 aliphatic carbocycles. The fourth-order valence-corrected chi connectivity index (χ4v) is 1.94. The number of aromatic nitrogens is 1. The summed E-state index contributed by atoms with van der Waals surface area (Å²) in [5.74, 6) is -0.0622. The first-order valence-corrected chi connectivity index (χ1v) is 6.50. The molecule has 0 bridgehead atoms.